The van der Waals surface area contributed by atoms with Crippen molar-refractivity contribution in [2.75, 3.05) is 16.3 Å². The van der Waals surface area contributed by atoms with Crippen molar-refractivity contribution >= 4 is 105 Å². The fraction of sp³-hybridized carbons (Fsp3) is 0.419. The van der Waals surface area contributed by atoms with E-state index < -0.39 is 49.6 Å². The third-order valence-electron chi connectivity index (χ3n) is 9.23. The van der Waals surface area contributed by atoms with Gasteiger partial charge in [0.05, 0.1) is 33.5 Å². The number of allylic oxidation sites excluding steroid dienone is 2. The fourth-order valence-electron chi connectivity index (χ4n) is 7.02. The second-order valence-electron chi connectivity index (χ2n) is 11.5. The van der Waals surface area contributed by atoms with Crippen LogP contribution in [0.1, 0.15) is 37.0 Å². The van der Waals surface area contributed by atoms with E-state index in [1.165, 1.54) is 18.2 Å². The quantitative estimate of drug-likeness (QED) is 0.139. The third kappa shape index (κ3) is 4.02. The van der Waals surface area contributed by atoms with Gasteiger partial charge >= 0.3 is 5.97 Å². The highest BCUT2D eigenvalue weighted by molar-refractivity contribution is 6.67. The highest BCUT2D eigenvalue weighted by Gasteiger charge is 2.87. The number of fused-ring (bicyclic) bond motifs is 5. The van der Waals surface area contributed by atoms with E-state index in [-0.39, 0.29) is 40.4 Å². The molecule has 232 valence electrons. The zero-order valence-electron chi connectivity index (χ0n) is 23.7. The average Bonchev–Trinajstić information content (AvgIpc) is 3.57. The van der Waals surface area contributed by atoms with Gasteiger partial charge in [-0.25, -0.2) is 4.90 Å². The number of hydrogen-bond acceptors (Lipinski definition) is 5. The summed E-state index contributed by atoms with van der Waals surface area (Å²) in [6, 6.07) is 10.5. The van der Waals surface area contributed by atoms with Crippen LogP contribution in [-0.4, -0.2) is 44.3 Å². The minimum atomic E-state index is -2.02. The van der Waals surface area contributed by atoms with Crippen molar-refractivity contribution in [3.05, 3.63) is 63.2 Å². The van der Waals surface area contributed by atoms with Crippen LogP contribution in [0.5, 0.6) is 5.75 Å². The first-order chi connectivity index (χ1) is 20.7. The minimum Gasteiger partial charge on any atom is -0.426 e. The molecule has 2 aromatic carbocycles. The molecule has 7 nitrogen and oxygen atoms in total. The van der Waals surface area contributed by atoms with E-state index in [0.29, 0.717) is 5.56 Å². The number of anilines is 2. The van der Waals surface area contributed by atoms with E-state index in [1.54, 1.807) is 11.8 Å². The molecule has 0 unspecified atom stereocenters. The molecule has 0 radical (unpaired) electrons. The summed E-state index contributed by atoms with van der Waals surface area (Å²) in [7, 11) is 0. The van der Waals surface area contributed by atoms with Crippen LogP contribution in [0.2, 0.25) is 0 Å². The SMILES string of the molecule is CCc1cccc(CC)c1N1C[C@H](C(=O)Oc2ccc(N3C(=O)[C@H]4[C@H](C3=O)[C@@]3(Cl)C(Cl)=C(Cl)[C@@]4(Cl)C3(Cl)Cl)c(C)c2)CC1=O. The monoisotopic (exact) mass is 716 g/mol. The summed E-state index contributed by atoms with van der Waals surface area (Å²) in [6.45, 7) is 5.92. The van der Waals surface area contributed by atoms with Gasteiger partial charge in [0.15, 0.2) is 4.33 Å². The van der Waals surface area contributed by atoms with E-state index in [1.807, 2.05) is 32.0 Å². The zero-order chi connectivity index (χ0) is 32.1. The van der Waals surface area contributed by atoms with Crippen LogP contribution in [-0.2, 0) is 32.0 Å². The van der Waals surface area contributed by atoms with E-state index >= 15 is 0 Å². The normalized spacial score (nSPS) is 30.6. The Balaban J connectivity index is 1.22. The molecule has 0 N–H and O–H groups in total. The maximum absolute atomic E-state index is 13.7. The largest absolute Gasteiger partial charge is 0.426 e. The topological polar surface area (TPSA) is 84.0 Å². The van der Waals surface area contributed by atoms with Gasteiger partial charge in [0.1, 0.15) is 15.5 Å². The molecule has 13 heteroatoms. The van der Waals surface area contributed by atoms with Gasteiger partial charge in [-0.2, -0.15) is 0 Å². The van der Waals surface area contributed by atoms with Gasteiger partial charge in [0, 0.05) is 18.7 Å². The van der Waals surface area contributed by atoms with Crippen LogP contribution in [0.25, 0.3) is 0 Å². The predicted molar refractivity (Wildman–Crippen MR) is 172 cm³/mol. The summed E-state index contributed by atoms with van der Waals surface area (Å²) >= 11 is 39.5. The Morgan fingerprint density at radius 3 is 1.95 bits per heavy atom. The molecule has 0 aromatic heterocycles. The lowest BCUT2D eigenvalue weighted by Crippen LogP contribution is -2.50. The molecule has 4 aliphatic rings. The fourth-order valence-corrected chi connectivity index (χ4v) is 9.95. The number of carbonyl (C=O) groups is 4. The number of carbonyl (C=O) groups excluding carboxylic acids is 4. The van der Waals surface area contributed by atoms with Crippen LogP contribution < -0.4 is 14.5 Å². The number of aryl methyl sites for hydroxylation is 3. The van der Waals surface area contributed by atoms with E-state index in [2.05, 4.69) is 0 Å². The highest BCUT2D eigenvalue weighted by atomic mass is 35.5. The van der Waals surface area contributed by atoms with Gasteiger partial charge in [-0.15, -0.1) is 23.2 Å². The number of nitrogens with zero attached hydrogens (tertiary/aromatic N) is 2. The van der Waals surface area contributed by atoms with Gasteiger partial charge < -0.3 is 9.64 Å². The molecule has 2 aliphatic heterocycles. The van der Waals surface area contributed by atoms with E-state index in [0.717, 1.165) is 34.6 Å². The Morgan fingerprint density at radius 1 is 0.909 bits per heavy atom. The first-order valence-corrected chi connectivity index (χ1v) is 16.4. The molecule has 2 saturated heterocycles. The molecular formula is C31H26Cl6N2O5. The average molecular weight is 719 g/mol. The van der Waals surface area contributed by atoms with Crippen LogP contribution in [0.15, 0.2) is 46.5 Å². The molecule has 3 fully saturated rings. The lowest BCUT2D eigenvalue weighted by atomic mass is 9.84. The number of esters is 1. The third-order valence-corrected chi connectivity index (χ3v) is 13.5. The predicted octanol–water partition coefficient (Wildman–Crippen LogP) is 7.03. The number of hydrogen-bond donors (Lipinski definition) is 0. The van der Waals surface area contributed by atoms with Gasteiger partial charge in [0.2, 0.25) is 17.7 Å². The summed E-state index contributed by atoms with van der Waals surface area (Å²) in [5.41, 5.74) is 3.65. The van der Waals surface area contributed by atoms with Gasteiger partial charge in [-0.1, -0.05) is 78.5 Å². The number of para-hydroxylation sites is 1. The number of ether oxygens (including phenoxy) is 1. The molecule has 0 spiro atoms. The summed E-state index contributed by atoms with van der Waals surface area (Å²) in [5, 5.41) is -0.339. The van der Waals surface area contributed by atoms with Crippen molar-refractivity contribution in [1.29, 1.82) is 0 Å². The Bertz CT molecular complexity index is 1620. The Morgan fingerprint density at radius 2 is 1.45 bits per heavy atom. The molecule has 1 saturated carbocycles. The summed E-state index contributed by atoms with van der Waals surface area (Å²) < 4.78 is 3.65. The second kappa shape index (κ2) is 10.8. The molecule has 2 heterocycles. The highest BCUT2D eigenvalue weighted by Crippen LogP contribution is 2.77. The van der Waals surface area contributed by atoms with Crippen LogP contribution in [0.3, 0.4) is 0 Å². The molecule has 6 rings (SSSR count). The van der Waals surface area contributed by atoms with Crippen molar-refractivity contribution in [2.45, 2.75) is 54.1 Å². The van der Waals surface area contributed by atoms with Crippen LogP contribution in [0, 0.1) is 24.7 Å². The number of halogens is 6. The Kier molecular flexibility index (Phi) is 7.83. The molecule has 44 heavy (non-hydrogen) atoms. The maximum Gasteiger partial charge on any atom is 0.316 e. The summed E-state index contributed by atoms with van der Waals surface area (Å²) in [6.07, 6.45) is 1.53. The lowest BCUT2D eigenvalue weighted by molar-refractivity contribution is -0.139. The van der Waals surface area contributed by atoms with Crippen molar-refractivity contribution in [2.24, 2.45) is 17.8 Å². The number of benzene rings is 2. The first-order valence-electron chi connectivity index (χ1n) is 14.1. The van der Waals surface area contributed by atoms with E-state index in [9.17, 15) is 19.2 Å². The Labute approximate surface area is 284 Å². The molecule has 2 aromatic rings. The first kappa shape index (κ1) is 32.0. The van der Waals surface area contributed by atoms with Crippen molar-refractivity contribution in [3.8, 4) is 5.75 Å². The van der Waals surface area contributed by atoms with E-state index in [4.69, 9.17) is 74.3 Å². The summed E-state index contributed by atoms with van der Waals surface area (Å²) in [4.78, 5) is 52.5. The number of amides is 3. The number of alkyl halides is 4. The zero-order valence-corrected chi connectivity index (χ0v) is 28.3. The van der Waals surface area contributed by atoms with Gasteiger partial charge in [-0.05, 0) is 54.7 Å². The lowest BCUT2D eigenvalue weighted by Gasteiger charge is -2.34. The number of rotatable bonds is 6. The van der Waals surface area contributed by atoms with Crippen LogP contribution >= 0.6 is 69.6 Å². The summed E-state index contributed by atoms with van der Waals surface area (Å²) in [5.74, 6) is -5.04. The second-order valence-corrected chi connectivity index (χ2v) is 14.8. The standard InChI is InChI=1S/C31H26Cl6N2O5/c1-4-15-7-6-8-16(5-2)23(15)38-13-17(12-20(38)40)28(43)44-18-9-10-19(14(3)11-18)39-26(41)21-22(27(39)42)30(35)25(33)24(32)29(21,34)31(30,36)37/h6-11,17,21-22H,4-5,12-13H2,1-3H3/t17-,21-,22-,29-,30-/m1/s1. The molecule has 2 aliphatic carbocycles. The van der Waals surface area contributed by atoms with Gasteiger partial charge in [-0.3, -0.25) is 19.2 Å². The van der Waals surface area contributed by atoms with Crippen molar-refractivity contribution < 1.29 is 23.9 Å². The van der Waals surface area contributed by atoms with Crippen molar-refractivity contribution in [3.63, 3.8) is 0 Å². The van der Waals surface area contributed by atoms with Crippen LogP contribution in [0.4, 0.5) is 11.4 Å². The minimum absolute atomic E-state index is 0.0266. The number of imide groups is 1. The molecule has 2 bridgehead atoms. The van der Waals surface area contributed by atoms with Gasteiger partial charge in [0.25, 0.3) is 0 Å². The molecule has 3 amide bonds. The molecular weight excluding hydrogens is 693 g/mol. The Hall–Kier alpha value is -2.00. The maximum atomic E-state index is 13.7. The molecule has 5 atom stereocenters. The smallest absolute Gasteiger partial charge is 0.316 e. The van der Waals surface area contributed by atoms with Crippen molar-refractivity contribution in [1.82, 2.24) is 0 Å².